The molecule has 0 heterocycles. The molecule has 0 aromatic carbocycles. The van der Waals surface area contributed by atoms with Crippen LogP contribution >= 0.6 is 11.6 Å². The second-order valence-corrected chi connectivity index (χ2v) is 3.69. The van der Waals surface area contributed by atoms with E-state index in [1.54, 1.807) is 4.90 Å². The molecule has 1 rings (SSSR count). The van der Waals surface area contributed by atoms with E-state index in [0.29, 0.717) is 12.6 Å². The number of hydrogen-bond acceptors (Lipinski definition) is 2. The summed E-state index contributed by atoms with van der Waals surface area (Å²) in [5, 5.41) is 2.32. The van der Waals surface area contributed by atoms with Crippen LogP contribution in [0, 0.1) is 0 Å². The highest BCUT2D eigenvalue weighted by Crippen LogP contribution is 2.26. The molecular formula is C9H15ClN2O2. The molecule has 5 heteroatoms. The molecule has 0 atom stereocenters. The van der Waals surface area contributed by atoms with Crippen molar-refractivity contribution >= 4 is 23.5 Å². The standard InChI is InChI=1S/C9H15ClN2O2/c1-2-12(7-3-4-7)9(14)11-8(13)5-6-10/h7H,2-6H2,1H3,(H,11,13,14). The summed E-state index contributed by atoms with van der Waals surface area (Å²) in [6.45, 7) is 2.55. The van der Waals surface area contributed by atoms with E-state index in [4.69, 9.17) is 11.6 Å². The van der Waals surface area contributed by atoms with Crippen LogP contribution in [-0.4, -0.2) is 35.3 Å². The molecule has 14 heavy (non-hydrogen) atoms. The molecule has 0 aromatic rings. The maximum Gasteiger partial charge on any atom is 0.324 e. The van der Waals surface area contributed by atoms with Gasteiger partial charge in [0.1, 0.15) is 0 Å². The summed E-state index contributed by atoms with van der Waals surface area (Å²) in [6.07, 6.45) is 2.28. The lowest BCUT2D eigenvalue weighted by atomic mass is 10.4. The van der Waals surface area contributed by atoms with Gasteiger partial charge in [-0.1, -0.05) is 0 Å². The maximum absolute atomic E-state index is 11.5. The molecule has 0 bridgehead atoms. The number of amides is 3. The lowest BCUT2D eigenvalue weighted by Gasteiger charge is -2.19. The lowest BCUT2D eigenvalue weighted by molar-refractivity contribution is -0.119. The summed E-state index contributed by atoms with van der Waals surface area (Å²) in [4.78, 5) is 24.3. The first kappa shape index (κ1) is 11.3. The van der Waals surface area contributed by atoms with Crippen molar-refractivity contribution in [2.24, 2.45) is 0 Å². The van der Waals surface area contributed by atoms with E-state index < -0.39 is 0 Å². The number of hydrogen-bond donors (Lipinski definition) is 1. The van der Waals surface area contributed by atoms with Gasteiger partial charge in [0, 0.05) is 24.9 Å². The summed E-state index contributed by atoms with van der Waals surface area (Å²) in [7, 11) is 0. The van der Waals surface area contributed by atoms with Gasteiger partial charge in [0.25, 0.3) is 0 Å². The van der Waals surface area contributed by atoms with Crippen LogP contribution in [0.4, 0.5) is 4.79 Å². The summed E-state index contributed by atoms with van der Waals surface area (Å²) in [5.74, 6) is -0.0571. The Morgan fingerprint density at radius 2 is 2.14 bits per heavy atom. The summed E-state index contributed by atoms with van der Waals surface area (Å²) in [6, 6.07) is 0.0499. The predicted molar refractivity (Wildman–Crippen MR) is 54.3 cm³/mol. The maximum atomic E-state index is 11.5. The number of alkyl halides is 1. The fourth-order valence-electron chi connectivity index (χ4n) is 1.29. The number of nitrogens with zero attached hydrogens (tertiary/aromatic N) is 1. The number of nitrogens with one attached hydrogen (secondary N) is 1. The van der Waals surface area contributed by atoms with Crippen molar-refractivity contribution in [3.63, 3.8) is 0 Å². The average Bonchev–Trinajstić information content (AvgIpc) is 2.89. The minimum atomic E-state index is -0.302. The largest absolute Gasteiger partial charge is 0.324 e. The van der Waals surface area contributed by atoms with Gasteiger partial charge >= 0.3 is 6.03 Å². The van der Waals surface area contributed by atoms with Crippen molar-refractivity contribution in [3.8, 4) is 0 Å². The lowest BCUT2D eigenvalue weighted by Crippen LogP contribution is -2.43. The summed E-state index contributed by atoms with van der Waals surface area (Å²) < 4.78 is 0. The molecule has 1 fully saturated rings. The van der Waals surface area contributed by atoms with Crippen molar-refractivity contribution < 1.29 is 9.59 Å². The van der Waals surface area contributed by atoms with Gasteiger partial charge in [-0.15, -0.1) is 11.6 Å². The van der Waals surface area contributed by atoms with Crippen molar-refractivity contribution in [1.29, 1.82) is 0 Å². The Morgan fingerprint density at radius 1 is 1.50 bits per heavy atom. The molecule has 0 radical (unpaired) electrons. The van der Waals surface area contributed by atoms with Crippen LogP contribution in [0.15, 0.2) is 0 Å². The van der Waals surface area contributed by atoms with Gasteiger partial charge in [-0.25, -0.2) is 4.79 Å². The molecule has 1 aliphatic rings. The zero-order valence-corrected chi connectivity index (χ0v) is 9.01. The molecule has 1 saturated carbocycles. The molecule has 80 valence electrons. The third-order valence-electron chi connectivity index (χ3n) is 2.16. The van der Waals surface area contributed by atoms with E-state index in [1.807, 2.05) is 6.92 Å². The van der Waals surface area contributed by atoms with Gasteiger partial charge in [0.2, 0.25) is 5.91 Å². The first-order valence-corrected chi connectivity index (χ1v) is 5.39. The van der Waals surface area contributed by atoms with Gasteiger partial charge in [0.15, 0.2) is 0 Å². The molecule has 0 aromatic heterocycles. The van der Waals surface area contributed by atoms with Crippen molar-refractivity contribution in [1.82, 2.24) is 10.2 Å². The Bertz CT molecular complexity index is 229. The van der Waals surface area contributed by atoms with Crippen LogP contribution < -0.4 is 5.32 Å². The molecule has 0 saturated heterocycles. The molecule has 3 amide bonds. The zero-order valence-electron chi connectivity index (χ0n) is 8.25. The van der Waals surface area contributed by atoms with E-state index >= 15 is 0 Å². The molecule has 4 nitrogen and oxygen atoms in total. The molecule has 1 N–H and O–H groups in total. The first-order chi connectivity index (χ1) is 6.69. The Morgan fingerprint density at radius 3 is 2.57 bits per heavy atom. The Hall–Kier alpha value is -0.770. The second-order valence-electron chi connectivity index (χ2n) is 3.31. The van der Waals surface area contributed by atoms with Gasteiger partial charge < -0.3 is 4.90 Å². The zero-order chi connectivity index (χ0) is 10.6. The Labute approximate surface area is 88.6 Å². The number of rotatable bonds is 4. The summed E-state index contributed by atoms with van der Waals surface area (Å²) in [5.41, 5.74) is 0. The van der Waals surface area contributed by atoms with E-state index in [0.717, 1.165) is 12.8 Å². The number of halogens is 1. The molecular weight excluding hydrogens is 204 g/mol. The number of imide groups is 1. The van der Waals surface area contributed by atoms with Crippen LogP contribution in [0.1, 0.15) is 26.2 Å². The molecule has 0 unspecified atom stereocenters. The average molecular weight is 219 g/mol. The van der Waals surface area contributed by atoms with Crippen LogP contribution in [0.5, 0.6) is 0 Å². The van der Waals surface area contributed by atoms with E-state index in [1.165, 1.54) is 0 Å². The van der Waals surface area contributed by atoms with Crippen molar-refractivity contribution in [2.75, 3.05) is 12.4 Å². The van der Waals surface area contributed by atoms with Crippen LogP contribution in [-0.2, 0) is 4.79 Å². The van der Waals surface area contributed by atoms with Crippen LogP contribution in [0.25, 0.3) is 0 Å². The highest BCUT2D eigenvalue weighted by Gasteiger charge is 2.31. The highest BCUT2D eigenvalue weighted by molar-refractivity contribution is 6.19. The normalized spacial score (nSPS) is 15.0. The van der Waals surface area contributed by atoms with Gasteiger partial charge in [-0.3, -0.25) is 10.1 Å². The van der Waals surface area contributed by atoms with Crippen molar-refractivity contribution in [2.45, 2.75) is 32.2 Å². The molecule has 1 aliphatic carbocycles. The first-order valence-electron chi connectivity index (χ1n) is 4.85. The predicted octanol–water partition coefficient (Wildman–Crippen LogP) is 1.34. The number of carbonyl (C=O) groups is 2. The minimum absolute atomic E-state index is 0.190. The highest BCUT2D eigenvalue weighted by atomic mass is 35.5. The third kappa shape index (κ3) is 3.18. The smallest absolute Gasteiger partial charge is 0.322 e. The summed E-state index contributed by atoms with van der Waals surface area (Å²) >= 11 is 5.38. The molecule has 0 spiro atoms. The molecule has 0 aliphatic heterocycles. The van der Waals surface area contributed by atoms with Crippen LogP contribution in [0.2, 0.25) is 0 Å². The quantitative estimate of drug-likeness (QED) is 0.724. The topological polar surface area (TPSA) is 49.4 Å². The monoisotopic (exact) mass is 218 g/mol. The van der Waals surface area contributed by atoms with Gasteiger partial charge in [0.05, 0.1) is 0 Å². The minimum Gasteiger partial charge on any atom is -0.322 e. The van der Waals surface area contributed by atoms with Crippen molar-refractivity contribution in [3.05, 3.63) is 0 Å². The number of urea groups is 1. The van der Waals surface area contributed by atoms with E-state index in [2.05, 4.69) is 5.32 Å². The Kier molecular flexibility index (Phi) is 4.20. The van der Waals surface area contributed by atoms with Gasteiger partial charge in [-0.05, 0) is 19.8 Å². The fourth-order valence-corrected chi connectivity index (χ4v) is 1.46. The van der Waals surface area contributed by atoms with E-state index in [9.17, 15) is 9.59 Å². The third-order valence-corrected chi connectivity index (χ3v) is 2.35. The van der Waals surface area contributed by atoms with Gasteiger partial charge in [-0.2, -0.15) is 0 Å². The number of carbonyl (C=O) groups excluding carboxylic acids is 2. The Balaban J connectivity index is 2.35. The van der Waals surface area contributed by atoms with Crippen LogP contribution in [0.3, 0.4) is 0 Å². The van der Waals surface area contributed by atoms with E-state index in [-0.39, 0.29) is 24.2 Å². The SMILES string of the molecule is CCN(C(=O)NC(=O)CCCl)C1CC1. The second kappa shape index (κ2) is 5.20. The fraction of sp³-hybridized carbons (Fsp3) is 0.778.